The number of hydrogen-bond acceptors (Lipinski definition) is 4. The summed E-state index contributed by atoms with van der Waals surface area (Å²) in [6.07, 6.45) is 3.45. The minimum absolute atomic E-state index is 0.279. The molecule has 0 saturated heterocycles. The highest BCUT2D eigenvalue weighted by Crippen LogP contribution is 2.43. The van der Waals surface area contributed by atoms with E-state index < -0.39 is 5.67 Å². The fourth-order valence-corrected chi connectivity index (χ4v) is 3.90. The quantitative estimate of drug-likeness (QED) is 0.780. The van der Waals surface area contributed by atoms with Gasteiger partial charge in [0.05, 0.1) is 11.9 Å². The third-order valence-electron chi connectivity index (χ3n) is 4.35. The molecule has 0 radical (unpaired) electrons. The van der Waals surface area contributed by atoms with Gasteiger partial charge in [-0.2, -0.15) is 0 Å². The second kappa shape index (κ2) is 5.48. The molecule has 1 unspecified atom stereocenters. The summed E-state index contributed by atoms with van der Waals surface area (Å²) in [5, 5.41) is 1.33. The summed E-state index contributed by atoms with van der Waals surface area (Å²) in [6, 6.07) is 7.86. The Hall–Kier alpha value is -1.62. The molecule has 1 aliphatic carbocycles. The molecule has 1 saturated carbocycles. The first-order valence-electron chi connectivity index (χ1n) is 7.96. The van der Waals surface area contributed by atoms with E-state index >= 15 is 0 Å². The summed E-state index contributed by atoms with van der Waals surface area (Å²) >= 11 is 1.75. The lowest BCUT2D eigenvalue weighted by molar-refractivity contribution is 0.218. The van der Waals surface area contributed by atoms with Gasteiger partial charge in [0.15, 0.2) is 0 Å². The SMILES string of the molecule is Cc1cc2cc(OCC3=CN(CC4(F)CC4)C(C)S3)ccc2o1. The second-order valence-corrected chi connectivity index (χ2v) is 7.92. The Morgan fingerprint density at radius 1 is 1.39 bits per heavy atom. The van der Waals surface area contributed by atoms with Crippen LogP contribution in [0.2, 0.25) is 0 Å². The van der Waals surface area contributed by atoms with Crippen LogP contribution < -0.4 is 4.74 Å². The fraction of sp³-hybridized carbons (Fsp3) is 0.444. The van der Waals surface area contributed by atoms with E-state index in [2.05, 4.69) is 18.0 Å². The molecular formula is C18H20FNO2S. The molecular weight excluding hydrogens is 313 g/mol. The van der Waals surface area contributed by atoms with Crippen LogP contribution in [0.4, 0.5) is 4.39 Å². The van der Waals surface area contributed by atoms with Crippen molar-refractivity contribution in [3.63, 3.8) is 0 Å². The highest BCUT2D eigenvalue weighted by atomic mass is 32.2. The third kappa shape index (κ3) is 3.20. The zero-order valence-corrected chi connectivity index (χ0v) is 14.2. The molecule has 23 heavy (non-hydrogen) atoms. The largest absolute Gasteiger partial charge is 0.488 e. The van der Waals surface area contributed by atoms with E-state index in [1.54, 1.807) is 11.8 Å². The molecule has 0 amide bonds. The zero-order valence-electron chi connectivity index (χ0n) is 13.3. The monoisotopic (exact) mass is 333 g/mol. The number of furan rings is 1. The summed E-state index contributed by atoms with van der Waals surface area (Å²) in [7, 11) is 0. The first kappa shape index (κ1) is 14.9. The first-order chi connectivity index (χ1) is 11.0. The van der Waals surface area contributed by atoms with Crippen molar-refractivity contribution in [3.05, 3.63) is 41.1 Å². The average molecular weight is 333 g/mol. The molecule has 2 aromatic rings. The van der Waals surface area contributed by atoms with Crippen LogP contribution in [0.1, 0.15) is 25.5 Å². The van der Waals surface area contributed by atoms with Crippen LogP contribution in [-0.4, -0.2) is 29.1 Å². The lowest BCUT2D eigenvalue weighted by Crippen LogP contribution is -2.29. The van der Waals surface area contributed by atoms with Crippen molar-refractivity contribution in [3.8, 4) is 5.75 Å². The molecule has 1 aromatic carbocycles. The maximum absolute atomic E-state index is 13.9. The maximum Gasteiger partial charge on any atom is 0.134 e. The first-order valence-corrected chi connectivity index (χ1v) is 8.84. The Morgan fingerprint density at radius 3 is 3.00 bits per heavy atom. The number of fused-ring (bicyclic) bond motifs is 1. The molecule has 0 spiro atoms. The van der Waals surface area contributed by atoms with Gasteiger partial charge >= 0.3 is 0 Å². The summed E-state index contributed by atoms with van der Waals surface area (Å²) in [6.45, 7) is 5.08. The molecule has 1 aromatic heterocycles. The predicted molar refractivity (Wildman–Crippen MR) is 91.4 cm³/mol. The van der Waals surface area contributed by atoms with Gasteiger partial charge in [0.25, 0.3) is 0 Å². The van der Waals surface area contributed by atoms with Crippen LogP contribution in [-0.2, 0) is 0 Å². The zero-order chi connectivity index (χ0) is 16.0. The van der Waals surface area contributed by atoms with Crippen LogP contribution in [0.5, 0.6) is 5.75 Å². The van der Waals surface area contributed by atoms with E-state index in [1.807, 2.05) is 31.2 Å². The minimum Gasteiger partial charge on any atom is -0.488 e. The third-order valence-corrected chi connectivity index (χ3v) is 5.49. The number of ether oxygens (including phenoxy) is 1. The van der Waals surface area contributed by atoms with E-state index in [-0.39, 0.29) is 5.37 Å². The number of nitrogens with zero attached hydrogens (tertiary/aromatic N) is 1. The number of hydrogen-bond donors (Lipinski definition) is 0. The fourth-order valence-electron chi connectivity index (χ4n) is 2.87. The van der Waals surface area contributed by atoms with E-state index in [0.29, 0.717) is 26.0 Å². The Labute approximate surface area is 139 Å². The van der Waals surface area contributed by atoms with Crippen LogP contribution in [0.15, 0.2) is 39.8 Å². The van der Waals surface area contributed by atoms with Gasteiger partial charge in [-0.1, -0.05) is 0 Å². The Kier molecular flexibility index (Phi) is 3.56. The number of aryl methyl sites for hydroxylation is 1. The van der Waals surface area contributed by atoms with Gasteiger partial charge in [-0.25, -0.2) is 4.39 Å². The molecule has 1 atom stereocenters. The van der Waals surface area contributed by atoms with Gasteiger partial charge in [0.1, 0.15) is 29.4 Å². The van der Waals surface area contributed by atoms with E-state index in [9.17, 15) is 4.39 Å². The molecule has 5 heteroatoms. The second-order valence-electron chi connectivity index (χ2n) is 6.48. The molecule has 1 fully saturated rings. The van der Waals surface area contributed by atoms with Crippen LogP contribution >= 0.6 is 11.8 Å². The molecule has 4 rings (SSSR count). The maximum atomic E-state index is 13.9. The van der Waals surface area contributed by atoms with Gasteiger partial charge in [-0.3, -0.25) is 0 Å². The molecule has 0 bridgehead atoms. The summed E-state index contributed by atoms with van der Waals surface area (Å²) in [4.78, 5) is 3.24. The van der Waals surface area contributed by atoms with Gasteiger partial charge in [0, 0.05) is 16.5 Å². The molecule has 1 aliphatic heterocycles. The smallest absolute Gasteiger partial charge is 0.134 e. The Balaban J connectivity index is 1.40. The highest BCUT2D eigenvalue weighted by molar-refractivity contribution is 8.03. The van der Waals surface area contributed by atoms with Gasteiger partial charge in [0.2, 0.25) is 0 Å². The van der Waals surface area contributed by atoms with E-state index in [1.165, 1.54) is 0 Å². The molecule has 2 aliphatic rings. The predicted octanol–water partition coefficient (Wildman–Crippen LogP) is 4.86. The Bertz CT molecular complexity index is 765. The molecule has 3 nitrogen and oxygen atoms in total. The lowest BCUT2D eigenvalue weighted by Gasteiger charge is -2.22. The van der Waals surface area contributed by atoms with Crippen LogP contribution in [0.25, 0.3) is 11.0 Å². The number of halogens is 1. The number of alkyl halides is 1. The number of rotatable bonds is 5. The number of benzene rings is 1. The van der Waals surface area contributed by atoms with Crippen molar-refractivity contribution in [2.75, 3.05) is 13.2 Å². The normalized spacial score (nSPS) is 22.5. The van der Waals surface area contributed by atoms with Crippen LogP contribution in [0, 0.1) is 6.92 Å². The summed E-state index contributed by atoms with van der Waals surface area (Å²) in [5.41, 5.74) is -0.0759. The van der Waals surface area contributed by atoms with Crippen molar-refractivity contribution >= 4 is 22.7 Å². The average Bonchev–Trinajstić information content (AvgIpc) is 2.96. The van der Waals surface area contributed by atoms with Crippen molar-refractivity contribution in [2.45, 2.75) is 37.7 Å². The summed E-state index contributed by atoms with van der Waals surface area (Å²) < 4.78 is 25.4. The van der Waals surface area contributed by atoms with E-state index in [0.717, 1.165) is 27.4 Å². The van der Waals surface area contributed by atoms with Gasteiger partial charge in [-0.05, 0) is 51.0 Å². The molecule has 2 heterocycles. The topological polar surface area (TPSA) is 25.6 Å². The standard InChI is InChI=1S/C18H20FNO2S/c1-12-7-14-8-15(3-4-17(14)22-12)21-10-16-9-20(13(2)23-16)11-18(19)5-6-18/h3-4,7-9,13H,5-6,10-11H2,1-2H3. The number of thioether (sulfide) groups is 1. The summed E-state index contributed by atoms with van der Waals surface area (Å²) in [5.74, 6) is 1.73. The van der Waals surface area contributed by atoms with Crippen LogP contribution in [0.3, 0.4) is 0 Å². The molecule has 0 N–H and O–H groups in total. The minimum atomic E-state index is -0.953. The van der Waals surface area contributed by atoms with Crippen molar-refractivity contribution in [1.82, 2.24) is 4.90 Å². The molecule has 122 valence electrons. The van der Waals surface area contributed by atoms with E-state index in [4.69, 9.17) is 9.15 Å². The lowest BCUT2D eigenvalue weighted by atomic mass is 10.2. The van der Waals surface area contributed by atoms with Crippen molar-refractivity contribution in [2.24, 2.45) is 0 Å². The van der Waals surface area contributed by atoms with Gasteiger partial charge in [-0.15, -0.1) is 11.8 Å². The Morgan fingerprint density at radius 2 is 2.22 bits per heavy atom. The van der Waals surface area contributed by atoms with Crippen molar-refractivity contribution in [1.29, 1.82) is 0 Å². The van der Waals surface area contributed by atoms with Gasteiger partial charge < -0.3 is 14.1 Å². The van der Waals surface area contributed by atoms with Crippen molar-refractivity contribution < 1.29 is 13.5 Å². The highest BCUT2D eigenvalue weighted by Gasteiger charge is 2.45.